The molecule has 9 nitrogen and oxygen atoms in total. The van der Waals surface area contributed by atoms with Gasteiger partial charge in [-0.25, -0.2) is 29.3 Å². The van der Waals surface area contributed by atoms with E-state index in [1.807, 2.05) is 19.2 Å². The molecule has 4 aromatic rings. The van der Waals surface area contributed by atoms with Crippen molar-refractivity contribution < 1.29 is 22.4 Å². The van der Waals surface area contributed by atoms with Crippen molar-refractivity contribution in [2.24, 2.45) is 0 Å². The van der Waals surface area contributed by atoms with Crippen LogP contribution in [0.1, 0.15) is 21.1 Å². The highest BCUT2D eigenvalue weighted by molar-refractivity contribution is 7.16. The molecule has 5 heterocycles. The molecule has 198 valence electrons. The first-order valence-corrected chi connectivity index (χ1v) is 13.0. The molecular weight excluding hydrogens is 544 g/mol. The normalized spacial score (nSPS) is 16.1. The average molecular weight is 565 g/mol. The van der Waals surface area contributed by atoms with Gasteiger partial charge in [-0.3, -0.25) is 4.79 Å². The fourth-order valence-corrected chi connectivity index (χ4v) is 5.69. The lowest BCUT2D eigenvalue weighted by Crippen LogP contribution is -2.61. The van der Waals surface area contributed by atoms with Gasteiger partial charge in [0.15, 0.2) is 10.9 Å². The number of nitrogens with one attached hydrogen (secondary N) is 1. The minimum absolute atomic E-state index is 0.0202. The number of aryl methyl sites for hydroxylation is 2. The molecule has 1 aliphatic rings. The number of carbonyl (C=O) groups excluding carboxylic acids is 1. The zero-order chi connectivity index (χ0) is 27.0. The summed E-state index contributed by atoms with van der Waals surface area (Å²) in [4.78, 5) is 36.8. The molecule has 1 unspecified atom stereocenters. The van der Waals surface area contributed by atoms with Crippen molar-refractivity contribution in [3.05, 3.63) is 58.2 Å². The summed E-state index contributed by atoms with van der Waals surface area (Å²) < 4.78 is 54.9. The van der Waals surface area contributed by atoms with E-state index in [4.69, 9.17) is 0 Å². The standard InChI is InChI=1S/C23H20F4N8OS2/c1-12-19(38-13(2)31-12)16-11-37-22(32-16)33-18-4-3-14(7-28-18)20(36)35-6-5-34(10-17(35)23(25,26)27)21-29-8-15(24)9-30-21/h3-4,7-9,11,17H,5-6,10H2,1-2H3,(H,28,32,33). The van der Waals surface area contributed by atoms with E-state index in [0.717, 1.165) is 38.6 Å². The van der Waals surface area contributed by atoms with Gasteiger partial charge in [-0.1, -0.05) is 0 Å². The number of rotatable bonds is 5. The number of hydrogen-bond acceptors (Lipinski definition) is 10. The van der Waals surface area contributed by atoms with Gasteiger partial charge < -0.3 is 15.1 Å². The number of hydrogen-bond donors (Lipinski definition) is 1. The van der Waals surface area contributed by atoms with E-state index in [9.17, 15) is 22.4 Å². The lowest BCUT2D eigenvalue weighted by molar-refractivity contribution is -0.177. The monoisotopic (exact) mass is 564 g/mol. The Balaban J connectivity index is 1.28. The number of nitrogens with zero attached hydrogens (tertiary/aromatic N) is 7. The van der Waals surface area contributed by atoms with Crippen LogP contribution >= 0.6 is 22.7 Å². The molecule has 1 fully saturated rings. The molecule has 0 radical (unpaired) electrons. The first kappa shape index (κ1) is 25.9. The van der Waals surface area contributed by atoms with Crippen molar-refractivity contribution in [1.29, 1.82) is 0 Å². The number of thiazole rings is 2. The highest BCUT2D eigenvalue weighted by atomic mass is 32.1. The van der Waals surface area contributed by atoms with Crippen LogP contribution in [0.2, 0.25) is 0 Å². The summed E-state index contributed by atoms with van der Waals surface area (Å²) in [5, 5.41) is 6.47. The van der Waals surface area contributed by atoms with Gasteiger partial charge in [0.1, 0.15) is 11.9 Å². The maximum absolute atomic E-state index is 13.9. The number of piperazine rings is 1. The van der Waals surface area contributed by atoms with Crippen molar-refractivity contribution in [1.82, 2.24) is 29.8 Å². The van der Waals surface area contributed by atoms with Crippen molar-refractivity contribution >= 4 is 45.5 Å². The van der Waals surface area contributed by atoms with Gasteiger partial charge in [0.05, 0.1) is 45.8 Å². The Labute approximate surface area is 222 Å². The predicted octanol–water partition coefficient (Wildman–Crippen LogP) is 4.84. The molecule has 0 spiro atoms. The van der Waals surface area contributed by atoms with Gasteiger partial charge in [0.25, 0.3) is 5.91 Å². The molecule has 0 bridgehead atoms. The molecule has 0 aliphatic carbocycles. The first-order chi connectivity index (χ1) is 18.1. The summed E-state index contributed by atoms with van der Waals surface area (Å²) in [6, 6.07) is 0.843. The van der Waals surface area contributed by atoms with Crippen LogP contribution in [0.3, 0.4) is 0 Å². The van der Waals surface area contributed by atoms with E-state index >= 15 is 0 Å². The minimum Gasteiger partial charge on any atom is -0.337 e. The second-order valence-corrected chi connectivity index (χ2v) is 10.5. The Morgan fingerprint density at radius 2 is 1.84 bits per heavy atom. The summed E-state index contributed by atoms with van der Waals surface area (Å²) in [7, 11) is 0. The summed E-state index contributed by atoms with van der Waals surface area (Å²) in [5.74, 6) is -1.12. The number of anilines is 3. The molecule has 1 saturated heterocycles. The zero-order valence-electron chi connectivity index (χ0n) is 20.0. The molecule has 15 heteroatoms. The molecule has 1 aliphatic heterocycles. The quantitative estimate of drug-likeness (QED) is 0.344. The van der Waals surface area contributed by atoms with E-state index in [2.05, 4.69) is 30.2 Å². The largest absolute Gasteiger partial charge is 0.410 e. The smallest absolute Gasteiger partial charge is 0.337 e. The van der Waals surface area contributed by atoms with Crippen LogP contribution in [0.15, 0.2) is 36.1 Å². The predicted molar refractivity (Wildman–Crippen MR) is 135 cm³/mol. The summed E-state index contributed by atoms with van der Waals surface area (Å²) in [6.45, 7) is 3.11. The maximum Gasteiger partial charge on any atom is 0.410 e. The van der Waals surface area contributed by atoms with Crippen molar-refractivity contribution in [3.8, 4) is 10.6 Å². The highest BCUT2D eigenvalue weighted by Gasteiger charge is 2.48. The van der Waals surface area contributed by atoms with Gasteiger partial charge in [-0.05, 0) is 26.0 Å². The highest BCUT2D eigenvalue weighted by Crippen LogP contribution is 2.33. The molecule has 4 aromatic heterocycles. The molecular formula is C23H20F4N8OS2. The molecule has 0 saturated carbocycles. The van der Waals surface area contributed by atoms with E-state index < -0.39 is 30.5 Å². The van der Waals surface area contributed by atoms with Crippen LogP contribution in [-0.2, 0) is 0 Å². The fourth-order valence-electron chi connectivity index (χ4n) is 4.03. The van der Waals surface area contributed by atoms with Gasteiger partial charge in [-0.15, -0.1) is 22.7 Å². The first-order valence-electron chi connectivity index (χ1n) is 11.3. The van der Waals surface area contributed by atoms with Crippen LogP contribution in [0, 0.1) is 19.7 Å². The third kappa shape index (κ3) is 5.43. The summed E-state index contributed by atoms with van der Waals surface area (Å²) in [6.07, 6.45) is -1.69. The number of aromatic nitrogens is 5. The minimum atomic E-state index is -4.69. The lowest BCUT2D eigenvalue weighted by atomic mass is 10.1. The van der Waals surface area contributed by atoms with Crippen molar-refractivity contribution in [2.45, 2.75) is 26.1 Å². The maximum atomic E-state index is 13.9. The van der Waals surface area contributed by atoms with E-state index in [1.54, 1.807) is 11.3 Å². The fraction of sp³-hybridized carbons (Fsp3) is 0.304. The van der Waals surface area contributed by atoms with Crippen LogP contribution in [0.4, 0.5) is 34.5 Å². The van der Waals surface area contributed by atoms with Crippen LogP contribution in [0.25, 0.3) is 10.6 Å². The Bertz CT molecular complexity index is 1440. The van der Waals surface area contributed by atoms with E-state index in [0.29, 0.717) is 10.9 Å². The van der Waals surface area contributed by atoms with Crippen LogP contribution < -0.4 is 10.2 Å². The van der Waals surface area contributed by atoms with Crippen LogP contribution in [-0.4, -0.2) is 67.6 Å². The number of amides is 1. The summed E-state index contributed by atoms with van der Waals surface area (Å²) >= 11 is 2.92. The van der Waals surface area contributed by atoms with Gasteiger partial charge in [0, 0.05) is 24.7 Å². The Kier molecular flexibility index (Phi) is 6.96. The molecule has 1 atom stereocenters. The number of halogens is 4. The van der Waals surface area contributed by atoms with E-state index in [1.165, 1.54) is 34.6 Å². The summed E-state index contributed by atoms with van der Waals surface area (Å²) in [5.41, 5.74) is 1.70. The van der Waals surface area contributed by atoms with Gasteiger partial charge in [0.2, 0.25) is 5.95 Å². The molecule has 1 amide bonds. The van der Waals surface area contributed by atoms with Gasteiger partial charge >= 0.3 is 6.18 Å². The lowest BCUT2D eigenvalue weighted by Gasteiger charge is -2.41. The van der Waals surface area contributed by atoms with Gasteiger partial charge in [-0.2, -0.15) is 13.2 Å². The third-order valence-corrected chi connectivity index (χ3v) is 7.65. The third-order valence-electron chi connectivity index (χ3n) is 5.79. The molecule has 38 heavy (non-hydrogen) atoms. The molecule has 5 rings (SSSR count). The SMILES string of the molecule is Cc1nc(C)c(-c2csc(Nc3ccc(C(=O)N4CCN(c5ncc(F)cn5)CC4C(F)(F)F)cn3)n2)s1. The zero-order valence-corrected chi connectivity index (χ0v) is 21.7. The average Bonchev–Trinajstić information content (AvgIpc) is 3.48. The molecule has 0 aromatic carbocycles. The second kappa shape index (κ2) is 10.2. The number of alkyl halides is 3. The second-order valence-electron chi connectivity index (χ2n) is 8.45. The Morgan fingerprint density at radius 1 is 1.08 bits per heavy atom. The number of carbonyl (C=O) groups is 1. The Hall–Kier alpha value is -3.72. The number of pyridine rings is 1. The molecule has 1 N–H and O–H groups in total. The topological polar surface area (TPSA) is 100 Å². The van der Waals surface area contributed by atoms with Crippen LogP contribution in [0.5, 0.6) is 0 Å². The van der Waals surface area contributed by atoms with Crippen molar-refractivity contribution in [2.75, 3.05) is 29.9 Å². The van der Waals surface area contributed by atoms with E-state index in [-0.39, 0.29) is 24.6 Å². The Morgan fingerprint density at radius 3 is 2.47 bits per heavy atom. The van der Waals surface area contributed by atoms with Crippen molar-refractivity contribution in [3.63, 3.8) is 0 Å².